The van der Waals surface area contributed by atoms with Crippen molar-refractivity contribution in [3.8, 4) is 0 Å². The summed E-state index contributed by atoms with van der Waals surface area (Å²) in [5.74, 6) is 0.680. The maximum Gasteiger partial charge on any atom is 0.0485 e. The molecule has 1 aromatic heterocycles. The summed E-state index contributed by atoms with van der Waals surface area (Å²) in [5, 5.41) is 0. The van der Waals surface area contributed by atoms with Crippen LogP contribution in [0, 0.1) is 5.92 Å². The van der Waals surface area contributed by atoms with E-state index in [0.717, 1.165) is 19.0 Å². The highest BCUT2D eigenvalue weighted by molar-refractivity contribution is 7.12. The normalized spacial score (nSPS) is 30.0. The summed E-state index contributed by atoms with van der Waals surface area (Å²) in [5.41, 5.74) is 5.96. The molecule has 1 aliphatic carbocycles. The van der Waals surface area contributed by atoms with Gasteiger partial charge >= 0.3 is 0 Å². The van der Waals surface area contributed by atoms with Gasteiger partial charge < -0.3 is 5.73 Å². The van der Waals surface area contributed by atoms with E-state index in [2.05, 4.69) is 24.0 Å². The summed E-state index contributed by atoms with van der Waals surface area (Å²) in [7, 11) is 0. The van der Waals surface area contributed by atoms with Crippen molar-refractivity contribution in [2.24, 2.45) is 11.7 Å². The highest BCUT2D eigenvalue weighted by Crippen LogP contribution is 2.45. The Morgan fingerprint density at radius 3 is 2.76 bits per heavy atom. The van der Waals surface area contributed by atoms with Crippen molar-refractivity contribution >= 4 is 11.3 Å². The first-order valence-corrected chi connectivity index (χ1v) is 7.69. The Labute approximate surface area is 108 Å². The van der Waals surface area contributed by atoms with Crippen molar-refractivity contribution in [3.05, 3.63) is 21.9 Å². The summed E-state index contributed by atoms with van der Waals surface area (Å²) in [4.78, 5) is 5.79. The van der Waals surface area contributed by atoms with Crippen LogP contribution >= 0.6 is 11.3 Å². The maximum absolute atomic E-state index is 5.96. The molecule has 2 atom stereocenters. The molecule has 94 valence electrons. The van der Waals surface area contributed by atoms with Crippen LogP contribution in [-0.4, -0.2) is 24.0 Å². The van der Waals surface area contributed by atoms with Gasteiger partial charge in [0, 0.05) is 21.8 Å². The van der Waals surface area contributed by atoms with E-state index in [-0.39, 0.29) is 0 Å². The van der Waals surface area contributed by atoms with E-state index in [1.165, 1.54) is 30.7 Å². The molecular weight excluding hydrogens is 228 g/mol. The van der Waals surface area contributed by atoms with Gasteiger partial charge in [-0.2, -0.15) is 0 Å². The van der Waals surface area contributed by atoms with Crippen molar-refractivity contribution < 1.29 is 0 Å². The summed E-state index contributed by atoms with van der Waals surface area (Å²) < 4.78 is 0. The molecule has 1 saturated heterocycles. The van der Waals surface area contributed by atoms with Crippen molar-refractivity contribution in [2.45, 2.75) is 44.7 Å². The molecule has 2 heterocycles. The predicted molar refractivity (Wildman–Crippen MR) is 73.3 cm³/mol. The molecule has 2 N–H and O–H groups in total. The van der Waals surface area contributed by atoms with E-state index in [4.69, 9.17) is 5.73 Å². The Morgan fingerprint density at radius 2 is 2.18 bits per heavy atom. The molecule has 0 spiro atoms. The van der Waals surface area contributed by atoms with E-state index in [9.17, 15) is 0 Å². The second-order valence-electron chi connectivity index (χ2n) is 5.36. The lowest BCUT2D eigenvalue weighted by atomic mass is 9.99. The molecule has 2 fully saturated rings. The fourth-order valence-electron chi connectivity index (χ4n) is 3.08. The van der Waals surface area contributed by atoms with Gasteiger partial charge in [0.15, 0.2) is 0 Å². The Balaban J connectivity index is 1.85. The summed E-state index contributed by atoms with van der Waals surface area (Å²) in [6.07, 6.45) is 5.25. The number of thiophene rings is 1. The third-order valence-electron chi connectivity index (χ3n) is 4.20. The minimum atomic E-state index is 0.623. The molecule has 1 aliphatic heterocycles. The number of nitrogens with two attached hydrogens (primary N) is 1. The number of aryl methyl sites for hydroxylation is 1. The molecule has 2 aliphatic rings. The molecule has 3 heteroatoms. The lowest BCUT2D eigenvalue weighted by Gasteiger charge is -2.26. The monoisotopic (exact) mass is 250 g/mol. The first-order chi connectivity index (χ1) is 8.33. The quantitative estimate of drug-likeness (QED) is 0.890. The van der Waals surface area contributed by atoms with Crippen LogP contribution in [0.2, 0.25) is 0 Å². The Kier molecular flexibility index (Phi) is 3.24. The fraction of sp³-hybridized carbons (Fsp3) is 0.714. The van der Waals surface area contributed by atoms with Crippen molar-refractivity contribution in [3.63, 3.8) is 0 Å². The summed E-state index contributed by atoms with van der Waals surface area (Å²) >= 11 is 2.00. The fourth-order valence-corrected chi connectivity index (χ4v) is 4.25. The number of nitrogens with zero attached hydrogens (tertiary/aromatic N) is 1. The smallest absolute Gasteiger partial charge is 0.0485 e. The first kappa shape index (κ1) is 11.7. The molecule has 2 unspecified atom stereocenters. The lowest BCUT2D eigenvalue weighted by Crippen LogP contribution is -2.29. The molecule has 0 aromatic carbocycles. The van der Waals surface area contributed by atoms with Gasteiger partial charge in [-0.25, -0.2) is 0 Å². The lowest BCUT2D eigenvalue weighted by molar-refractivity contribution is 0.224. The zero-order valence-electron chi connectivity index (χ0n) is 10.6. The van der Waals surface area contributed by atoms with Crippen LogP contribution in [0.4, 0.5) is 0 Å². The molecule has 0 radical (unpaired) electrons. The van der Waals surface area contributed by atoms with Crippen LogP contribution in [0.25, 0.3) is 0 Å². The van der Waals surface area contributed by atoms with Crippen LogP contribution in [-0.2, 0) is 6.42 Å². The molecule has 1 saturated carbocycles. The molecule has 0 bridgehead atoms. The van der Waals surface area contributed by atoms with Gasteiger partial charge in [-0.1, -0.05) is 6.92 Å². The highest BCUT2D eigenvalue weighted by Gasteiger charge is 2.42. The summed E-state index contributed by atoms with van der Waals surface area (Å²) in [6.45, 7) is 4.34. The van der Waals surface area contributed by atoms with E-state index < -0.39 is 0 Å². The number of hydrogen-bond donors (Lipinski definition) is 1. The number of rotatable bonds is 4. The van der Waals surface area contributed by atoms with Crippen LogP contribution in [0.15, 0.2) is 12.1 Å². The van der Waals surface area contributed by atoms with Crippen LogP contribution < -0.4 is 5.73 Å². The van der Waals surface area contributed by atoms with Gasteiger partial charge in [0.05, 0.1) is 0 Å². The van der Waals surface area contributed by atoms with Crippen LogP contribution in [0.3, 0.4) is 0 Å². The molecule has 17 heavy (non-hydrogen) atoms. The maximum atomic E-state index is 5.96. The first-order valence-electron chi connectivity index (χ1n) is 6.88. The number of likely N-dealkylation sites (tertiary alicyclic amines) is 1. The Hall–Kier alpha value is -0.380. The van der Waals surface area contributed by atoms with Crippen molar-refractivity contribution in [1.29, 1.82) is 0 Å². The van der Waals surface area contributed by atoms with Gasteiger partial charge in [-0.3, -0.25) is 4.90 Å². The SMILES string of the molecule is CCc1ccc(C2C(CN)CCN2C2CC2)s1. The molecular formula is C14H22N2S. The standard InChI is InChI=1S/C14H22N2S/c1-2-12-5-6-13(17-12)14-10(9-15)7-8-16(14)11-3-4-11/h5-6,10-11,14H,2-4,7-9,15H2,1H3. The third kappa shape index (κ3) is 2.16. The zero-order chi connectivity index (χ0) is 11.8. The third-order valence-corrected chi connectivity index (χ3v) is 5.50. The molecule has 2 nitrogen and oxygen atoms in total. The van der Waals surface area contributed by atoms with Gasteiger partial charge in [0.2, 0.25) is 0 Å². The second kappa shape index (κ2) is 4.71. The molecule has 1 aromatic rings. The van der Waals surface area contributed by atoms with Crippen LogP contribution in [0.1, 0.15) is 42.0 Å². The van der Waals surface area contributed by atoms with E-state index in [1.54, 1.807) is 4.88 Å². The Bertz CT molecular complexity index is 383. The van der Waals surface area contributed by atoms with Crippen molar-refractivity contribution in [1.82, 2.24) is 4.90 Å². The molecule has 0 amide bonds. The summed E-state index contributed by atoms with van der Waals surface area (Å²) in [6, 6.07) is 6.13. The zero-order valence-corrected chi connectivity index (χ0v) is 11.4. The van der Waals surface area contributed by atoms with E-state index in [1.807, 2.05) is 11.3 Å². The van der Waals surface area contributed by atoms with Gasteiger partial charge in [-0.05, 0) is 56.8 Å². The Morgan fingerprint density at radius 1 is 1.35 bits per heavy atom. The average molecular weight is 250 g/mol. The second-order valence-corrected chi connectivity index (χ2v) is 6.56. The highest BCUT2D eigenvalue weighted by atomic mass is 32.1. The van der Waals surface area contributed by atoms with E-state index in [0.29, 0.717) is 12.0 Å². The van der Waals surface area contributed by atoms with E-state index >= 15 is 0 Å². The predicted octanol–water partition coefficient (Wildman–Crippen LogP) is 2.79. The minimum Gasteiger partial charge on any atom is -0.330 e. The van der Waals surface area contributed by atoms with Gasteiger partial charge in [0.1, 0.15) is 0 Å². The van der Waals surface area contributed by atoms with Crippen LogP contribution in [0.5, 0.6) is 0 Å². The topological polar surface area (TPSA) is 29.3 Å². The van der Waals surface area contributed by atoms with Gasteiger partial charge in [-0.15, -0.1) is 11.3 Å². The van der Waals surface area contributed by atoms with Gasteiger partial charge in [0.25, 0.3) is 0 Å². The van der Waals surface area contributed by atoms with Crippen molar-refractivity contribution in [2.75, 3.05) is 13.1 Å². The largest absolute Gasteiger partial charge is 0.330 e. The number of hydrogen-bond acceptors (Lipinski definition) is 3. The average Bonchev–Trinajstić information content (AvgIpc) is 2.95. The molecule has 3 rings (SSSR count). The minimum absolute atomic E-state index is 0.623.